The Morgan fingerprint density at radius 1 is 0.480 bits per heavy atom. The van der Waals surface area contributed by atoms with E-state index in [1.165, 1.54) is 118 Å². The number of hydrogen-bond acceptors (Lipinski definition) is 11. The fraction of sp³-hybridized carbons (Fsp3) is 0.556. The lowest BCUT2D eigenvalue weighted by molar-refractivity contribution is -0.142. The number of aliphatic hydroxyl groups is 1. The largest absolute Gasteiger partial charge is 0.466 e. The maximum absolute atomic E-state index is 11.0. The van der Waals surface area contributed by atoms with Crippen LogP contribution in [0, 0.1) is 23.7 Å². The number of aliphatic hydroxyl groups excluding tert-OH is 1. The summed E-state index contributed by atoms with van der Waals surface area (Å²) < 4.78 is 19.1. The van der Waals surface area contributed by atoms with Crippen molar-refractivity contribution in [2.75, 3.05) is 26.4 Å². The van der Waals surface area contributed by atoms with Crippen molar-refractivity contribution >= 4 is 43.5 Å². The van der Waals surface area contributed by atoms with Gasteiger partial charge in [-0.05, 0) is 127 Å². The van der Waals surface area contributed by atoms with Crippen molar-refractivity contribution in [3.05, 3.63) is 192 Å². The summed E-state index contributed by atoms with van der Waals surface area (Å²) in [5.41, 5.74) is 9.96. The van der Waals surface area contributed by atoms with Crippen LogP contribution < -0.4 is 0 Å². The second kappa shape index (κ2) is 79.7. The van der Waals surface area contributed by atoms with E-state index >= 15 is 0 Å². The molecule has 0 radical (unpaired) electrons. The van der Waals surface area contributed by atoms with Crippen molar-refractivity contribution in [3.8, 4) is 11.1 Å². The third-order valence-electron chi connectivity index (χ3n) is 12.7. The van der Waals surface area contributed by atoms with E-state index in [2.05, 4.69) is 174 Å². The first-order chi connectivity index (χ1) is 48.1. The minimum atomic E-state index is -0.720. The van der Waals surface area contributed by atoms with Gasteiger partial charge < -0.3 is 33.6 Å². The Morgan fingerprint density at radius 2 is 0.863 bits per heavy atom. The average Bonchev–Trinajstić information content (AvgIpc) is 1.62. The van der Waals surface area contributed by atoms with E-state index in [1.807, 2.05) is 133 Å². The number of rotatable bonds is 22. The molecule has 0 saturated heterocycles. The summed E-state index contributed by atoms with van der Waals surface area (Å²) in [5.74, 6) is 2.73. The summed E-state index contributed by atoms with van der Waals surface area (Å²) >= 11 is 0. The van der Waals surface area contributed by atoms with Crippen molar-refractivity contribution in [2.24, 2.45) is 23.7 Å². The van der Waals surface area contributed by atoms with Gasteiger partial charge in [-0.3, -0.25) is 19.2 Å². The Labute approximate surface area is 628 Å². The number of carbonyl (C=O) groups is 6. The van der Waals surface area contributed by atoms with Gasteiger partial charge in [-0.1, -0.05) is 328 Å². The summed E-state index contributed by atoms with van der Waals surface area (Å²) in [5, 5.41) is 8.70. The summed E-state index contributed by atoms with van der Waals surface area (Å²) in [4.78, 5) is 61.4. The van der Waals surface area contributed by atoms with Crippen LogP contribution in [-0.4, -0.2) is 75.1 Å². The number of benzene rings is 5. The van der Waals surface area contributed by atoms with Crippen molar-refractivity contribution in [3.63, 3.8) is 0 Å². The fourth-order valence-electron chi connectivity index (χ4n) is 7.96. The molecular weight excluding hydrogens is 1290 g/mol. The van der Waals surface area contributed by atoms with E-state index < -0.39 is 8.07 Å². The molecule has 1 aliphatic carbocycles. The molecule has 11 nitrogen and oxygen atoms in total. The van der Waals surface area contributed by atoms with Crippen LogP contribution in [0.1, 0.15) is 264 Å². The second-order valence-electron chi connectivity index (χ2n) is 26.6. The average molecular weight is 1440 g/mol. The van der Waals surface area contributed by atoms with Gasteiger partial charge >= 0.3 is 23.9 Å². The van der Waals surface area contributed by atoms with E-state index in [9.17, 15) is 28.8 Å². The number of hydrogen-bond donors (Lipinski definition) is 1. The van der Waals surface area contributed by atoms with Crippen LogP contribution in [0.4, 0.5) is 0 Å². The minimum absolute atomic E-state index is 0.143. The molecule has 102 heavy (non-hydrogen) atoms. The zero-order valence-corrected chi connectivity index (χ0v) is 71.2. The van der Waals surface area contributed by atoms with Crippen LogP contribution in [0.3, 0.4) is 0 Å². The third-order valence-corrected chi connectivity index (χ3v) is 14.8. The lowest BCUT2D eigenvalue weighted by Gasteiger charge is -2.17. The molecule has 0 atom stereocenters. The molecule has 12 heteroatoms. The molecule has 582 valence electrons. The quantitative estimate of drug-likeness (QED) is 0.0231. The molecule has 0 unspecified atom stereocenters. The predicted molar refractivity (Wildman–Crippen MR) is 445 cm³/mol. The highest BCUT2D eigenvalue weighted by molar-refractivity contribution is 6.76. The minimum Gasteiger partial charge on any atom is -0.466 e. The number of ether oxygens (including phenoxy) is 4. The molecule has 0 spiro atoms. The number of unbranched alkanes of at least 4 members (excludes halogenated alkanes) is 2. The van der Waals surface area contributed by atoms with E-state index in [1.54, 1.807) is 6.92 Å². The monoisotopic (exact) mass is 1440 g/mol. The first-order valence-corrected chi connectivity index (χ1v) is 41.5. The summed E-state index contributed by atoms with van der Waals surface area (Å²) in [6.45, 7) is 64.9. The molecular formula is C90H152O11Si. The van der Waals surface area contributed by atoms with Crippen molar-refractivity contribution in [2.45, 2.75) is 282 Å². The molecule has 0 amide bonds. The van der Waals surface area contributed by atoms with Gasteiger partial charge in [0.05, 0.1) is 19.8 Å². The van der Waals surface area contributed by atoms with Crippen LogP contribution in [0.5, 0.6) is 0 Å². The van der Waals surface area contributed by atoms with Gasteiger partial charge in [0.1, 0.15) is 24.8 Å². The third kappa shape index (κ3) is 87.2. The van der Waals surface area contributed by atoms with Crippen molar-refractivity contribution in [1.29, 1.82) is 0 Å². The van der Waals surface area contributed by atoms with E-state index in [4.69, 9.17) is 14.6 Å². The molecule has 0 aromatic heterocycles. The van der Waals surface area contributed by atoms with Crippen molar-refractivity contribution in [1.82, 2.24) is 0 Å². The number of fused-ring (bicyclic) bond motifs is 3. The summed E-state index contributed by atoms with van der Waals surface area (Å²) in [7, 11) is -0.720. The maximum Gasteiger partial charge on any atom is 0.302 e. The fourth-order valence-corrected chi connectivity index (χ4v) is 10.4. The van der Waals surface area contributed by atoms with Crippen LogP contribution >= 0.6 is 0 Å². The molecule has 5 aromatic rings. The predicted octanol–water partition coefficient (Wildman–Crippen LogP) is 24.9. The van der Waals surface area contributed by atoms with Gasteiger partial charge in [0.25, 0.3) is 0 Å². The molecule has 6 rings (SSSR count). The van der Waals surface area contributed by atoms with Gasteiger partial charge in [0, 0.05) is 48.1 Å². The lowest BCUT2D eigenvalue weighted by Crippen LogP contribution is -2.21. The molecule has 0 fully saturated rings. The zero-order valence-electron chi connectivity index (χ0n) is 70.2. The first kappa shape index (κ1) is 111. The lowest BCUT2D eigenvalue weighted by atomic mass is 9.98. The van der Waals surface area contributed by atoms with E-state index in [0.717, 1.165) is 61.8 Å². The van der Waals surface area contributed by atoms with Gasteiger partial charge in [-0.15, -0.1) is 6.58 Å². The molecule has 5 aromatic carbocycles. The smallest absolute Gasteiger partial charge is 0.302 e. The number of aryl methyl sites for hydroxylation is 3. The number of carbonyl (C=O) groups excluding carboxylic acids is 6. The van der Waals surface area contributed by atoms with Gasteiger partial charge in [0.2, 0.25) is 0 Å². The molecule has 1 aliphatic rings. The van der Waals surface area contributed by atoms with Crippen LogP contribution in [0.2, 0.25) is 25.7 Å². The highest BCUT2D eigenvalue weighted by Gasteiger charge is 2.28. The topological polar surface area (TPSA) is 160 Å². The standard InChI is InChI=1S/C16H14O2.C10H12O.C9H18O2.C9H12O.C8H10.C7H18Si.C6H12O2.C5H8O2.C5H12.C5H10.C3H6O.C3H8.2C2H6/c1-11(17)18-10-16-14-8-4-2-6-12(14)13-7-3-5-9-15(13)16;1-9(11)7-8-10-5-3-2-4-6-10;1-8(2)6-4-5-7-11-9(3)10;1-2-8-3-5-9(7-10)6-4-8;1-2-8-6-4-3-5-7-8;1-7(2)6-8(3,4)5;1-5(2)4-8-6(3)7;1-3-4-7-5(2)6;1-4-5(2)3;1-3-5-4-2;1-3(2)4;1-3-2;2*1-2/h2-9,16H,10H2,1H3;2-6H,7-8H2,1H3;8H,4-7H2,1-3H3;3-6,10H,2,7H2,1H3;3-7H,2H2,1H3;7H,6H2,1-5H3;5H,4H2,1-3H3;3H,1,4H2,2H3;5H,4H2,1-3H3;3H,1,4-5H2,2H3;1-2H3;3H2,1-2H3;2*1-2H3. The van der Waals surface area contributed by atoms with Crippen LogP contribution in [-0.2, 0) is 73.6 Å². The number of allylic oxidation sites excluding steroid dienone is 1. The Morgan fingerprint density at radius 3 is 1.13 bits per heavy atom. The van der Waals surface area contributed by atoms with Crippen molar-refractivity contribution < 1.29 is 52.8 Å². The second-order valence-corrected chi connectivity index (χ2v) is 32.1. The van der Waals surface area contributed by atoms with Gasteiger partial charge in [0.15, 0.2) is 0 Å². The zero-order chi connectivity index (χ0) is 80.3. The summed E-state index contributed by atoms with van der Waals surface area (Å²) in [6, 6.07) is 46.6. The van der Waals surface area contributed by atoms with Gasteiger partial charge in [-0.25, -0.2) is 0 Å². The Hall–Kier alpha value is -7.02. The van der Waals surface area contributed by atoms with Crippen LogP contribution in [0.25, 0.3) is 11.1 Å². The normalized spacial score (nSPS) is 9.74. The van der Waals surface area contributed by atoms with Gasteiger partial charge in [-0.2, -0.15) is 0 Å². The number of Topliss-reactive ketones (excluding diaryl/α,β-unsaturated/α-hetero) is 2. The summed E-state index contributed by atoms with van der Waals surface area (Å²) in [6.07, 6.45) is 15.5. The molecule has 0 bridgehead atoms. The highest BCUT2D eigenvalue weighted by Crippen LogP contribution is 2.44. The van der Waals surface area contributed by atoms with Crippen LogP contribution in [0.15, 0.2) is 159 Å². The molecule has 0 heterocycles. The molecule has 0 aliphatic heterocycles. The van der Waals surface area contributed by atoms with E-state index in [0.29, 0.717) is 38.8 Å². The Balaban J connectivity index is -0.000000161. The Kier molecular flexibility index (Phi) is 86.6. The van der Waals surface area contributed by atoms with E-state index in [-0.39, 0.29) is 48.0 Å². The first-order valence-electron chi connectivity index (χ1n) is 37.8. The highest BCUT2D eigenvalue weighted by atomic mass is 28.3. The maximum atomic E-state index is 11.0. The number of ketones is 2. The Bertz CT molecular complexity index is 2640. The molecule has 1 N–H and O–H groups in total. The number of esters is 4. The molecule has 0 saturated carbocycles. The SMILES string of the molecule is C=CCCC.C=CCOC(C)=O.CC.CC.CC(=O)CCc1ccccc1.CC(=O)OCC(C)C.CC(=O)OCC1c2ccccc2-c2ccccc21.CC(=O)OCCCCC(C)C.CC(C)=O.CC(C)C[Si](C)(C)C.CCC.CCC(C)C.CCc1ccc(CO)cc1.CCc1ccccc1.